The van der Waals surface area contributed by atoms with E-state index in [4.69, 9.17) is 9.47 Å². The fraction of sp³-hybridized carbons (Fsp3) is 0.365. The maximum atomic E-state index is 13.4. The molecule has 0 fully saturated rings. The van der Waals surface area contributed by atoms with Crippen molar-refractivity contribution in [3.05, 3.63) is 173 Å². The SMILES string of the molecule is CC.CC.CC.CC1=CC2C=C(C(=O)NC(C(=O)N(C)Cc3ccccc3)c3ccccc3)N(C)C2C=C1.COC(=O)c1ccc(CN2C=CC3C=CC(C)=CC32)c(OC)c1. The topological polar surface area (TPSA) is 91.4 Å². The van der Waals surface area contributed by atoms with Crippen molar-refractivity contribution in [2.24, 2.45) is 11.8 Å². The second-order valence-corrected chi connectivity index (χ2v) is 14.4. The van der Waals surface area contributed by atoms with Crippen LogP contribution in [0, 0.1) is 11.8 Å². The quantitative estimate of drug-likeness (QED) is 0.204. The van der Waals surface area contributed by atoms with Gasteiger partial charge in [-0.05, 0) is 49.4 Å². The largest absolute Gasteiger partial charge is 0.496 e. The standard InChI is InChI=1S/C27H29N3O2.C19H21NO3.3C2H6/c1-19-14-15-23-22(16-19)17-24(30(23)3)26(31)28-25(21-12-8-5-9-13-21)27(32)29(2)18-20-10-6-4-7-11-20;1-13-4-5-14-8-9-20(17(14)10-13)12-16-7-6-15(19(21)23-3)11-18(16)22-2;3*1-2/h4-17,22-23,25H,18H2,1-3H3,(H,28,31);4-11,14,17H,12H2,1-3H3;3*1-2H3. The third kappa shape index (κ3) is 13.0. The Morgan fingerprint density at radius 2 is 1.38 bits per heavy atom. The van der Waals surface area contributed by atoms with Gasteiger partial charge in [-0.25, -0.2) is 4.79 Å². The Morgan fingerprint density at radius 1 is 0.754 bits per heavy atom. The molecule has 3 aromatic rings. The number of fused-ring (bicyclic) bond motifs is 2. The first-order valence-electron chi connectivity index (χ1n) is 21.6. The van der Waals surface area contributed by atoms with Crippen molar-refractivity contribution in [3.8, 4) is 5.75 Å². The van der Waals surface area contributed by atoms with Crippen LogP contribution in [0.5, 0.6) is 5.75 Å². The van der Waals surface area contributed by atoms with Crippen molar-refractivity contribution in [2.45, 2.75) is 86.6 Å². The minimum atomic E-state index is -0.762. The van der Waals surface area contributed by atoms with E-state index in [2.05, 4.69) is 72.8 Å². The second kappa shape index (κ2) is 24.9. The zero-order valence-electron chi connectivity index (χ0n) is 38.4. The number of esters is 1. The molecule has 5 unspecified atom stereocenters. The van der Waals surface area contributed by atoms with Gasteiger partial charge in [-0.3, -0.25) is 9.59 Å². The molecule has 7 rings (SSSR count). The van der Waals surface area contributed by atoms with Crippen LogP contribution in [0.4, 0.5) is 0 Å². The van der Waals surface area contributed by atoms with E-state index in [0.29, 0.717) is 35.5 Å². The van der Waals surface area contributed by atoms with Crippen molar-refractivity contribution in [1.82, 2.24) is 20.0 Å². The van der Waals surface area contributed by atoms with E-state index in [1.807, 2.05) is 126 Å². The normalized spacial score (nSPS) is 19.1. The number of ether oxygens (including phenoxy) is 2. The van der Waals surface area contributed by atoms with Gasteiger partial charge in [0.1, 0.15) is 11.8 Å². The average molecular weight is 829 g/mol. The molecule has 0 bridgehead atoms. The third-order valence-corrected chi connectivity index (χ3v) is 10.5. The fourth-order valence-corrected chi connectivity index (χ4v) is 7.45. The molecule has 0 spiro atoms. The molecule has 326 valence electrons. The van der Waals surface area contributed by atoms with E-state index in [9.17, 15) is 14.4 Å². The van der Waals surface area contributed by atoms with Crippen LogP contribution in [-0.2, 0) is 27.4 Å². The summed E-state index contributed by atoms with van der Waals surface area (Å²) in [5, 5.41) is 3.01. The number of nitrogens with one attached hydrogen (secondary N) is 1. The molecule has 2 aliphatic carbocycles. The molecular formula is C52H68N4O5. The van der Waals surface area contributed by atoms with Gasteiger partial charge in [0.2, 0.25) is 5.91 Å². The van der Waals surface area contributed by atoms with Crippen LogP contribution in [0.25, 0.3) is 0 Å². The highest BCUT2D eigenvalue weighted by Crippen LogP contribution is 2.33. The smallest absolute Gasteiger partial charge is 0.337 e. The van der Waals surface area contributed by atoms with E-state index in [0.717, 1.165) is 23.2 Å². The summed E-state index contributed by atoms with van der Waals surface area (Å²) < 4.78 is 10.2. The molecule has 0 saturated carbocycles. The number of carbonyl (C=O) groups excluding carboxylic acids is 3. The minimum absolute atomic E-state index is 0.131. The Balaban J connectivity index is 0.000000302. The van der Waals surface area contributed by atoms with Crippen molar-refractivity contribution < 1.29 is 23.9 Å². The summed E-state index contributed by atoms with van der Waals surface area (Å²) in [7, 11) is 6.69. The number of rotatable bonds is 10. The lowest BCUT2D eigenvalue weighted by Crippen LogP contribution is -2.43. The maximum Gasteiger partial charge on any atom is 0.337 e. The molecule has 2 amide bonds. The van der Waals surface area contributed by atoms with Crippen LogP contribution in [0.3, 0.4) is 0 Å². The lowest BCUT2D eigenvalue weighted by molar-refractivity contribution is -0.135. The number of nitrogens with zero attached hydrogens (tertiary/aromatic N) is 3. The van der Waals surface area contributed by atoms with Crippen molar-refractivity contribution >= 4 is 17.8 Å². The lowest BCUT2D eigenvalue weighted by atomic mass is 9.93. The first-order valence-corrected chi connectivity index (χ1v) is 21.6. The molecule has 0 radical (unpaired) electrons. The summed E-state index contributed by atoms with van der Waals surface area (Å²) >= 11 is 0. The van der Waals surface area contributed by atoms with E-state index in [-0.39, 0.29) is 29.7 Å². The maximum absolute atomic E-state index is 13.4. The van der Waals surface area contributed by atoms with Gasteiger partial charge in [0.15, 0.2) is 0 Å². The molecule has 0 aromatic heterocycles. The number of hydrogen-bond donors (Lipinski definition) is 1. The number of likely N-dealkylation sites (N-methyl/N-ethyl adjacent to an activating group) is 2. The first-order chi connectivity index (χ1) is 29.6. The van der Waals surface area contributed by atoms with Gasteiger partial charge in [0.25, 0.3) is 5.91 Å². The van der Waals surface area contributed by atoms with Crippen molar-refractivity contribution in [1.29, 1.82) is 0 Å². The monoisotopic (exact) mass is 829 g/mol. The molecule has 5 atom stereocenters. The number of hydrogen-bond acceptors (Lipinski definition) is 7. The van der Waals surface area contributed by atoms with Crippen LogP contribution in [0.15, 0.2) is 151 Å². The predicted molar refractivity (Wildman–Crippen MR) is 249 cm³/mol. The summed E-state index contributed by atoms with van der Waals surface area (Å²) in [6, 6.07) is 24.4. The van der Waals surface area contributed by atoms with Crippen LogP contribution < -0.4 is 10.1 Å². The lowest BCUT2D eigenvalue weighted by Gasteiger charge is -2.29. The van der Waals surface area contributed by atoms with E-state index < -0.39 is 6.04 Å². The highest BCUT2D eigenvalue weighted by Gasteiger charge is 2.36. The second-order valence-electron chi connectivity index (χ2n) is 14.4. The summed E-state index contributed by atoms with van der Waals surface area (Å²) in [5.74, 6) is 0.555. The van der Waals surface area contributed by atoms with Gasteiger partial charge >= 0.3 is 5.97 Å². The zero-order valence-corrected chi connectivity index (χ0v) is 38.4. The van der Waals surface area contributed by atoms with Crippen LogP contribution in [0.1, 0.15) is 88.5 Å². The average Bonchev–Trinajstić information content (AvgIpc) is 3.86. The predicted octanol–water partition coefficient (Wildman–Crippen LogP) is 10.2. The molecule has 0 saturated heterocycles. The van der Waals surface area contributed by atoms with Crippen LogP contribution in [-0.4, -0.2) is 72.9 Å². The highest BCUT2D eigenvalue weighted by atomic mass is 16.5. The van der Waals surface area contributed by atoms with Gasteiger partial charge in [-0.15, -0.1) is 0 Å². The molecule has 61 heavy (non-hydrogen) atoms. The number of allylic oxidation sites excluding steroid dienone is 4. The first kappa shape index (κ1) is 49.3. The zero-order chi connectivity index (χ0) is 45.1. The molecular weight excluding hydrogens is 761 g/mol. The molecule has 9 heteroatoms. The van der Waals surface area contributed by atoms with Crippen molar-refractivity contribution in [3.63, 3.8) is 0 Å². The molecule has 4 aliphatic rings. The summed E-state index contributed by atoms with van der Waals surface area (Å²) in [5.41, 5.74) is 6.42. The number of benzene rings is 3. The van der Waals surface area contributed by atoms with Gasteiger partial charge in [-0.2, -0.15) is 0 Å². The van der Waals surface area contributed by atoms with Gasteiger partial charge in [0, 0.05) is 44.6 Å². The minimum Gasteiger partial charge on any atom is -0.496 e. The van der Waals surface area contributed by atoms with Crippen LogP contribution >= 0.6 is 0 Å². The Kier molecular flexibility index (Phi) is 20.1. The van der Waals surface area contributed by atoms with Gasteiger partial charge in [0.05, 0.1) is 37.6 Å². The Hall–Kier alpha value is -6.09. The Labute approximate surface area is 365 Å². The van der Waals surface area contributed by atoms with E-state index in [1.54, 1.807) is 31.2 Å². The van der Waals surface area contributed by atoms with E-state index in [1.165, 1.54) is 18.3 Å². The van der Waals surface area contributed by atoms with Gasteiger partial charge in [-0.1, -0.05) is 162 Å². The number of carbonyl (C=O) groups is 3. The number of methoxy groups -OCH3 is 2. The van der Waals surface area contributed by atoms with Crippen LogP contribution in [0.2, 0.25) is 0 Å². The highest BCUT2D eigenvalue weighted by molar-refractivity contribution is 5.97. The molecule has 3 aromatic carbocycles. The summed E-state index contributed by atoms with van der Waals surface area (Å²) in [6.07, 6.45) is 19.4. The van der Waals surface area contributed by atoms with E-state index >= 15 is 0 Å². The Bertz CT molecular complexity index is 2070. The Morgan fingerprint density at radius 3 is 2.02 bits per heavy atom. The molecule has 2 heterocycles. The van der Waals surface area contributed by atoms with Gasteiger partial charge < -0.3 is 29.5 Å². The molecule has 1 N–H and O–H groups in total. The summed E-state index contributed by atoms with van der Waals surface area (Å²) in [6.45, 7) is 17.4. The van der Waals surface area contributed by atoms with Crippen molar-refractivity contribution in [2.75, 3.05) is 28.3 Å². The number of amides is 2. The third-order valence-electron chi connectivity index (χ3n) is 10.5. The summed E-state index contributed by atoms with van der Waals surface area (Å²) in [4.78, 5) is 44.3. The molecule has 2 aliphatic heterocycles. The fourth-order valence-electron chi connectivity index (χ4n) is 7.45. The molecule has 9 nitrogen and oxygen atoms in total.